The largest absolute Gasteiger partial charge is 0.480 e. The molecule has 2 rings (SSSR count). The number of aryl methyl sites for hydroxylation is 1. The third-order valence-electron chi connectivity index (χ3n) is 4.96. The van der Waals surface area contributed by atoms with Crippen molar-refractivity contribution in [2.75, 3.05) is 29.7 Å². The number of carboxylic acid groups (broad SMARTS) is 1. The molecule has 0 fully saturated rings. The normalized spacial score (nSPS) is 12.2. The lowest BCUT2D eigenvalue weighted by molar-refractivity contribution is -0.142. The van der Waals surface area contributed by atoms with Crippen molar-refractivity contribution in [3.05, 3.63) is 53.6 Å². The van der Waals surface area contributed by atoms with E-state index >= 15 is 0 Å². The Morgan fingerprint density at radius 2 is 1.59 bits per heavy atom. The summed E-state index contributed by atoms with van der Waals surface area (Å²) in [6.45, 7) is 8.70. The molecule has 0 saturated carbocycles. The third kappa shape index (κ3) is 7.04. The highest BCUT2D eigenvalue weighted by atomic mass is 35.5. The Morgan fingerprint density at radius 3 is 2.06 bits per heavy atom. The van der Waals surface area contributed by atoms with Crippen LogP contribution in [0.15, 0.2) is 42.5 Å². The van der Waals surface area contributed by atoms with E-state index in [4.69, 9.17) is 27.9 Å². The first-order valence-corrected chi connectivity index (χ1v) is 11.4. The van der Waals surface area contributed by atoms with Gasteiger partial charge in [0.05, 0.1) is 0 Å². The fourth-order valence-corrected chi connectivity index (χ4v) is 3.68. The molecule has 0 aromatic heterocycles. The van der Waals surface area contributed by atoms with Gasteiger partial charge in [-0.25, -0.2) is 4.79 Å². The van der Waals surface area contributed by atoms with Gasteiger partial charge in [0, 0.05) is 36.1 Å². The number of amides is 1. The van der Waals surface area contributed by atoms with E-state index in [0.29, 0.717) is 41.9 Å². The van der Waals surface area contributed by atoms with Crippen molar-refractivity contribution in [1.29, 1.82) is 0 Å². The van der Waals surface area contributed by atoms with E-state index in [0.717, 1.165) is 11.3 Å². The zero-order valence-electron chi connectivity index (χ0n) is 18.8. The molecule has 2 N–H and O–H groups in total. The maximum Gasteiger partial charge on any atom is 0.326 e. The number of carbonyl (C=O) groups excluding carboxylic acids is 1. The van der Waals surface area contributed by atoms with Gasteiger partial charge in [-0.2, -0.15) is 0 Å². The van der Waals surface area contributed by atoms with Crippen LogP contribution in [0.5, 0.6) is 11.5 Å². The fourth-order valence-electron chi connectivity index (χ4n) is 3.28. The van der Waals surface area contributed by atoms with Gasteiger partial charge in [-0.3, -0.25) is 4.79 Å². The summed E-state index contributed by atoms with van der Waals surface area (Å²) >= 11 is 11.8. The number of hydrogen-bond acceptors (Lipinski definition) is 4. The van der Waals surface area contributed by atoms with Crippen LogP contribution in [0.1, 0.15) is 36.7 Å². The number of aliphatic carboxylic acids is 1. The Hall–Kier alpha value is -2.44. The van der Waals surface area contributed by atoms with Crippen LogP contribution in [-0.4, -0.2) is 47.9 Å². The van der Waals surface area contributed by atoms with Gasteiger partial charge < -0.3 is 20.1 Å². The van der Waals surface area contributed by atoms with Crippen LogP contribution in [0.3, 0.4) is 0 Å². The van der Waals surface area contributed by atoms with E-state index in [9.17, 15) is 14.7 Å². The highest BCUT2D eigenvalue weighted by Crippen LogP contribution is 2.28. The molecule has 32 heavy (non-hydrogen) atoms. The summed E-state index contributed by atoms with van der Waals surface area (Å²) < 4.78 is 5.93. The molecule has 174 valence electrons. The first-order valence-electron chi connectivity index (χ1n) is 10.4. The van der Waals surface area contributed by atoms with E-state index < -0.39 is 23.3 Å². The van der Waals surface area contributed by atoms with Crippen LogP contribution in [0, 0.1) is 12.3 Å². The number of anilines is 1. The Morgan fingerprint density at radius 1 is 1.03 bits per heavy atom. The summed E-state index contributed by atoms with van der Waals surface area (Å²) in [4.78, 5) is 26.1. The Kier molecular flexibility index (Phi) is 9.22. The van der Waals surface area contributed by atoms with Gasteiger partial charge in [0.2, 0.25) is 0 Å². The molecule has 2 aromatic carbocycles. The number of rotatable bonds is 10. The van der Waals surface area contributed by atoms with Crippen LogP contribution >= 0.6 is 23.2 Å². The number of carbonyl (C=O) groups is 2. The zero-order valence-corrected chi connectivity index (χ0v) is 20.3. The topological polar surface area (TPSA) is 78.9 Å². The number of nitrogens with one attached hydrogen (secondary N) is 1. The lowest BCUT2D eigenvalue weighted by atomic mass is 9.86. The van der Waals surface area contributed by atoms with E-state index in [1.165, 1.54) is 0 Å². The molecule has 0 aliphatic carbocycles. The quantitative estimate of drug-likeness (QED) is 0.451. The molecular formula is C24H30Cl2N2O4. The molecule has 1 amide bonds. The fraction of sp³-hybridized carbons (Fsp3) is 0.417. The van der Waals surface area contributed by atoms with Gasteiger partial charge in [-0.15, -0.1) is 23.2 Å². The zero-order chi connectivity index (χ0) is 23.9. The minimum Gasteiger partial charge on any atom is -0.480 e. The molecule has 1 atom stereocenters. The molecule has 0 aliphatic rings. The number of hydrogen-bond donors (Lipinski definition) is 2. The minimum atomic E-state index is -1.07. The first kappa shape index (κ1) is 25.8. The maximum atomic E-state index is 12.5. The number of nitrogens with zero attached hydrogens (tertiary/aromatic N) is 1. The highest BCUT2D eigenvalue weighted by Gasteiger charge is 2.32. The molecule has 6 nitrogen and oxygen atoms in total. The molecule has 0 radical (unpaired) electrons. The highest BCUT2D eigenvalue weighted by molar-refractivity contribution is 6.18. The lowest BCUT2D eigenvalue weighted by Gasteiger charge is -2.27. The maximum absolute atomic E-state index is 12.5. The van der Waals surface area contributed by atoms with Crippen LogP contribution in [-0.2, 0) is 4.79 Å². The van der Waals surface area contributed by atoms with Gasteiger partial charge in [-0.1, -0.05) is 20.8 Å². The molecule has 0 unspecified atom stereocenters. The van der Waals surface area contributed by atoms with Gasteiger partial charge in [0.1, 0.15) is 17.5 Å². The predicted molar refractivity (Wildman–Crippen MR) is 130 cm³/mol. The van der Waals surface area contributed by atoms with Crippen LogP contribution in [0.25, 0.3) is 0 Å². The molecule has 0 spiro atoms. The van der Waals surface area contributed by atoms with Crippen molar-refractivity contribution in [1.82, 2.24) is 5.32 Å². The van der Waals surface area contributed by atoms with Gasteiger partial charge in [-0.05, 0) is 60.4 Å². The van der Waals surface area contributed by atoms with E-state index in [-0.39, 0.29) is 0 Å². The Balaban J connectivity index is 2.10. The molecule has 8 heteroatoms. The van der Waals surface area contributed by atoms with E-state index in [1.807, 2.05) is 25.1 Å². The Bertz CT molecular complexity index is 921. The molecule has 0 heterocycles. The number of halogens is 2. The molecule has 2 aromatic rings. The molecule has 0 saturated heterocycles. The lowest BCUT2D eigenvalue weighted by Crippen LogP contribution is -2.49. The summed E-state index contributed by atoms with van der Waals surface area (Å²) in [5.74, 6) is 0.740. The number of ether oxygens (including phenoxy) is 1. The molecule has 0 bridgehead atoms. The third-order valence-corrected chi connectivity index (χ3v) is 5.30. The number of alkyl halides is 2. The van der Waals surface area contributed by atoms with E-state index in [2.05, 4.69) is 10.2 Å². The summed E-state index contributed by atoms with van der Waals surface area (Å²) in [5, 5.41) is 12.0. The predicted octanol–water partition coefficient (Wildman–Crippen LogP) is 5.30. The second-order valence-electron chi connectivity index (χ2n) is 8.55. The average molecular weight is 481 g/mol. The van der Waals surface area contributed by atoms with Crippen molar-refractivity contribution in [2.45, 2.75) is 33.7 Å². The van der Waals surface area contributed by atoms with Crippen molar-refractivity contribution in [3.8, 4) is 11.5 Å². The minimum absolute atomic E-state index is 0.358. The molecular weight excluding hydrogens is 451 g/mol. The average Bonchev–Trinajstić information content (AvgIpc) is 2.71. The van der Waals surface area contributed by atoms with Crippen LogP contribution in [0.2, 0.25) is 0 Å². The van der Waals surface area contributed by atoms with Crippen LogP contribution < -0.4 is 15.0 Å². The summed E-state index contributed by atoms with van der Waals surface area (Å²) in [5.41, 5.74) is 1.84. The monoisotopic (exact) mass is 480 g/mol. The summed E-state index contributed by atoms with van der Waals surface area (Å²) in [6.07, 6.45) is 0. The SMILES string of the molecule is Cc1cc(Oc2ccc(C(=O)N[C@H](C(=O)O)C(C)(C)C)cc2)ccc1N(CCCl)CCCl. The van der Waals surface area contributed by atoms with Gasteiger partial charge in [0.25, 0.3) is 5.91 Å². The second kappa shape index (κ2) is 11.4. The first-order chi connectivity index (χ1) is 15.1. The smallest absolute Gasteiger partial charge is 0.326 e. The Labute approximate surface area is 199 Å². The summed E-state index contributed by atoms with van der Waals surface area (Å²) in [7, 11) is 0. The molecule has 0 aliphatic heterocycles. The second-order valence-corrected chi connectivity index (χ2v) is 9.31. The number of benzene rings is 2. The van der Waals surface area contributed by atoms with Gasteiger partial charge >= 0.3 is 5.97 Å². The van der Waals surface area contributed by atoms with Gasteiger partial charge in [0.15, 0.2) is 0 Å². The standard InChI is InChI=1S/C24H30Cl2N2O4/c1-16-15-19(9-10-20(16)28(13-11-25)14-12-26)32-18-7-5-17(6-8-18)22(29)27-21(23(30)31)24(2,3)4/h5-10,15,21H,11-14H2,1-4H3,(H,27,29)(H,30,31)/t21-/m1/s1. The number of carboxylic acids is 1. The van der Waals surface area contributed by atoms with Crippen LogP contribution in [0.4, 0.5) is 5.69 Å². The summed E-state index contributed by atoms with van der Waals surface area (Å²) in [6, 6.07) is 11.4. The van der Waals surface area contributed by atoms with Crippen molar-refractivity contribution in [3.63, 3.8) is 0 Å². The van der Waals surface area contributed by atoms with Crippen molar-refractivity contribution >= 4 is 40.8 Å². The van der Waals surface area contributed by atoms with Crippen molar-refractivity contribution in [2.24, 2.45) is 5.41 Å². The van der Waals surface area contributed by atoms with E-state index in [1.54, 1.807) is 45.0 Å². The van der Waals surface area contributed by atoms with Crippen molar-refractivity contribution < 1.29 is 19.4 Å².